The van der Waals surface area contributed by atoms with E-state index in [0.717, 1.165) is 0 Å². The van der Waals surface area contributed by atoms with E-state index in [-0.39, 0.29) is 17.2 Å². The summed E-state index contributed by atoms with van der Waals surface area (Å²) in [6.45, 7) is 1.43. The molecule has 0 radical (unpaired) electrons. The van der Waals surface area contributed by atoms with Crippen LogP contribution >= 0.6 is 0 Å². The molecule has 0 bridgehead atoms. The molecule has 0 unspecified atom stereocenters. The van der Waals surface area contributed by atoms with Crippen molar-refractivity contribution in [2.75, 3.05) is 6.61 Å². The summed E-state index contributed by atoms with van der Waals surface area (Å²) in [6, 6.07) is 0.782. The topological polar surface area (TPSA) is 114 Å². The average molecular weight is 261 g/mol. The van der Waals surface area contributed by atoms with Crippen molar-refractivity contribution in [3.05, 3.63) is 18.0 Å². The lowest BCUT2D eigenvalue weighted by Gasteiger charge is -2.10. The minimum absolute atomic E-state index is 0.123. The average Bonchev–Trinajstić information content (AvgIpc) is 2.59. The Bertz CT molecular complexity index is 520. The van der Waals surface area contributed by atoms with Gasteiger partial charge in [0.05, 0.1) is 6.61 Å². The van der Waals surface area contributed by atoms with E-state index in [1.807, 2.05) is 0 Å². The van der Waals surface area contributed by atoms with Crippen LogP contribution in [0.4, 0.5) is 0 Å². The molecule has 1 atom stereocenters. The Hall–Kier alpha value is -1.38. The molecule has 1 heterocycles. The molecule has 1 aromatic rings. The number of amides is 1. The summed E-state index contributed by atoms with van der Waals surface area (Å²) in [5, 5.41) is 16.3. The van der Waals surface area contributed by atoms with Crippen molar-refractivity contribution >= 4 is 15.9 Å². The van der Waals surface area contributed by atoms with Crippen molar-refractivity contribution in [1.29, 1.82) is 0 Å². The van der Waals surface area contributed by atoms with Gasteiger partial charge in [-0.15, -0.1) is 0 Å². The van der Waals surface area contributed by atoms with Crippen LogP contribution in [0.1, 0.15) is 17.4 Å². The number of aryl methyl sites for hydroxylation is 1. The highest BCUT2D eigenvalue weighted by atomic mass is 32.2. The van der Waals surface area contributed by atoms with Gasteiger partial charge in [0.1, 0.15) is 10.6 Å². The van der Waals surface area contributed by atoms with Crippen molar-refractivity contribution in [1.82, 2.24) is 9.88 Å². The molecule has 0 aromatic carbocycles. The van der Waals surface area contributed by atoms with Crippen LogP contribution in [-0.4, -0.2) is 36.6 Å². The van der Waals surface area contributed by atoms with Crippen molar-refractivity contribution in [3.8, 4) is 0 Å². The van der Waals surface area contributed by atoms with Crippen LogP contribution in [-0.2, 0) is 17.1 Å². The zero-order valence-electron chi connectivity index (χ0n) is 9.54. The first-order valence-corrected chi connectivity index (χ1v) is 6.41. The van der Waals surface area contributed by atoms with Gasteiger partial charge in [-0.3, -0.25) is 4.79 Å². The Morgan fingerprint density at radius 3 is 2.65 bits per heavy atom. The zero-order chi connectivity index (χ0) is 13.2. The summed E-state index contributed by atoms with van der Waals surface area (Å²) in [5.41, 5.74) is 0.161. The number of nitrogens with two attached hydrogens (primary N) is 1. The predicted molar refractivity (Wildman–Crippen MR) is 60.8 cm³/mol. The Kier molecular flexibility index (Phi) is 3.91. The number of nitrogens with one attached hydrogen (secondary N) is 1. The number of carbonyl (C=O) groups excluding carboxylic acids is 1. The summed E-state index contributed by atoms with van der Waals surface area (Å²) in [5.74, 6) is -0.469. The van der Waals surface area contributed by atoms with Crippen LogP contribution in [0.25, 0.3) is 0 Å². The molecule has 0 saturated carbocycles. The van der Waals surface area contributed by atoms with Gasteiger partial charge in [0, 0.05) is 19.3 Å². The minimum atomic E-state index is -3.82. The monoisotopic (exact) mass is 261 g/mol. The van der Waals surface area contributed by atoms with Crippen molar-refractivity contribution in [3.63, 3.8) is 0 Å². The highest BCUT2D eigenvalue weighted by Crippen LogP contribution is 2.11. The number of carbonyl (C=O) groups is 1. The van der Waals surface area contributed by atoms with E-state index >= 15 is 0 Å². The van der Waals surface area contributed by atoms with Crippen LogP contribution in [0.5, 0.6) is 0 Å². The normalized spacial score (nSPS) is 13.4. The van der Waals surface area contributed by atoms with E-state index in [9.17, 15) is 13.2 Å². The quantitative estimate of drug-likeness (QED) is 0.630. The molecule has 1 rings (SSSR count). The van der Waals surface area contributed by atoms with E-state index < -0.39 is 22.0 Å². The number of hydrogen-bond acceptors (Lipinski definition) is 4. The maximum Gasteiger partial charge on any atom is 0.268 e. The lowest BCUT2D eigenvalue weighted by Crippen LogP contribution is -2.35. The number of aliphatic hydroxyl groups is 1. The van der Waals surface area contributed by atoms with Crippen molar-refractivity contribution in [2.24, 2.45) is 12.2 Å². The van der Waals surface area contributed by atoms with E-state index in [1.165, 1.54) is 23.9 Å². The molecule has 0 aliphatic carbocycles. The molecule has 0 spiro atoms. The molecule has 1 aromatic heterocycles. The molecule has 0 aliphatic rings. The van der Waals surface area contributed by atoms with Gasteiger partial charge >= 0.3 is 0 Å². The maximum absolute atomic E-state index is 11.7. The lowest BCUT2D eigenvalue weighted by molar-refractivity contribution is 0.0914. The van der Waals surface area contributed by atoms with Gasteiger partial charge in [-0.1, -0.05) is 0 Å². The third kappa shape index (κ3) is 3.29. The third-order valence-corrected chi connectivity index (χ3v) is 3.07. The van der Waals surface area contributed by atoms with Crippen molar-refractivity contribution < 1.29 is 18.3 Å². The van der Waals surface area contributed by atoms with E-state index in [2.05, 4.69) is 5.32 Å². The molecular weight excluding hydrogens is 246 g/mol. The van der Waals surface area contributed by atoms with Gasteiger partial charge in [0.25, 0.3) is 5.91 Å². The first kappa shape index (κ1) is 13.7. The molecule has 17 heavy (non-hydrogen) atoms. The molecule has 4 N–H and O–H groups in total. The fourth-order valence-electron chi connectivity index (χ4n) is 1.26. The SMILES string of the molecule is C[C@@H](CO)NC(=O)c1cc(S(N)(=O)=O)cn1C. The maximum atomic E-state index is 11.7. The largest absolute Gasteiger partial charge is 0.394 e. The zero-order valence-corrected chi connectivity index (χ0v) is 10.4. The summed E-state index contributed by atoms with van der Waals surface area (Å²) in [7, 11) is -2.29. The molecular formula is C9H15N3O4S. The Morgan fingerprint density at radius 2 is 2.24 bits per heavy atom. The number of aromatic nitrogens is 1. The second kappa shape index (κ2) is 4.86. The van der Waals surface area contributed by atoms with Gasteiger partial charge in [-0.2, -0.15) is 0 Å². The van der Waals surface area contributed by atoms with E-state index in [0.29, 0.717) is 0 Å². The summed E-state index contributed by atoms with van der Waals surface area (Å²) >= 11 is 0. The smallest absolute Gasteiger partial charge is 0.268 e. The summed E-state index contributed by atoms with van der Waals surface area (Å²) in [6.07, 6.45) is 1.26. The van der Waals surface area contributed by atoms with Gasteiger partial charge in [0.2, 0.25) is 10.0 Å². The van der Waals surface area contributed by atoms with E-state index in [1.54, 1.807) is 6.92 Å². The molecule has 0 saturated heterocycles. The highest BCUT2D eigenvalue weighted by molar-refractivity contribution is 7.89. The van der Waals surface area contributed by atoms with Crippen molar-refractivity contribution in [2.45, 2.75) is 17.9 Å². The fourth-order valence-corrected chi connectivity index (χ4v) is 1.84. The molecule has 8 heteroatoms. The number of sulfonamides is 1. The first-order valence-electron chi connectivity index (χ1n) is 4.86. The second-order valence-corrected chi connectivity index (χ2v) is 5.34. The standard InChI is InChI=1S/C9H15N3O4S/c1-6(5-13)11-9(14)8-3-7(4-12(8)2)17(10,15)16/h3-4,6,13H,5H2,1-2H3,(H,11,14)(H2,10,15,16)/t6-/m0/s1. The fraction of sp³-hybridized carbons (Fsp3) is 0.444. The molecule has 0 aliphatic heterocycles. The molecule has 96 valence electrons. The van der Waals surface area contributed by atoms with Crippen LogP contribution < -0.4 is 10.5 Å². The summed E-state index contributed by atoms with van der Waals surface area (Å²) in [4.78, 5) is 11.6. The van der Waals surface area contributed by atoms with Crippen LogP contribution in [0.15, 0.2) is 17.2 Å². The summed E-state index contributed by atoms with van der Waals surface area (Å²) < 4.78 is 23.5. The Labute approximate surface area is 99.3 Å². The first-order chi connectivity index (χ1) is 7.75. The van der Waals surface area contributed by atoms with Crippen LogP contribution in [0.3, 0.4) is 0 Å². The Morgan fingerprint density at radius 1 is 1.65 bits per heavy atom. The second-order valence-electron chi connectivity index (χ2n) is 3.77. The molecule has 7 nitrogen and oxygen atoms in total. The molecule has 0 fully saturated rings. The van der Waals surface area contributed by atoms with E-state index in [4.69, 9.17) is 10.2 Å². The van der Waals surface area contributed by atoms with Crippen LogP contribution in [0, 0.1) is 0 Å². The number of hydrogen-bond donors (Lipinski definition) is 3. The lowest BCUT2D eigenvalue weighted by atomic mass is 10.3. The third-order valence-electron chi connectivity index (χ3n) is 2.19. The highest BCUT2D eigenvalue weighted by Gasteiger charge is 2.18. The minimum Gasteiger partial charge on any atom is -0.394 e. The number of nitrogens with zero attached hydrogens (tertiary/aromatic N) is 1. The molecule has 1 amide bonds. The number of primary sulfonamides is 1. The van der Waals surface area contributed by atoms with Gasteiger partial charge in [-0.05, 0) is 13.0 Å². The Balaban J connectivity index is 3.00. The predicted octanol–water partition coefficient (Wildman–Crippen LogP) is -1.22. The number of rotatable bonds is 4. The van der Waals surface area contributed by atoms with Gasteiger partial charge < -0.3 is 15.0 Å². The van der Waals surface area contributed by atoms with Gasteiger partial charge in [0.15, 0.2) is 0 Å². The number of aliphatic hydroxyl groups excluding tert-OH is 1. The van der Waals surface area contributed by atoms with Gasteiger partial charge in [-0.25, -0.2) is 13.6 Å². The van der Waals surface area contributed by atoms with Crippen LogP contribution in [0.2, 0.25) is 0 Å².